The highest BCUT2D eigenvalue weighted by Crippen LogP contribution is 2.09. The molecule has 0 fully saturated rings. The molecular formula is C12H11FN2O2. The predicted molar refractivity (Wildman–Crippen MR) is 58.7 cm³/mol. The van der Waals surface area contributed by atoms with Crippen LogP contribution in [-0.2, 0) is 11.2 Å². The van der Waals surface area contributed by atoms with Gasteiger partial charge in [-0.3, -0.25) is 0 Å². The predicted octanol–water partition coefficient (Wildman–Crippen LogP) is 1.59. The minimum absolute atomic E-state index is 0.276. The summed E-state index contributed by atoms with van der Waals surface area (Å²) in [5.74, 6) is -0.712. The van der Waals surface area contributed by atoms with Crippen molar-refractivity contribution >= 4 is 5.97 Å². The molecule has 4 nitrogen and oxygen atoms in total. The van der Waals surface area contributed by atoms with Gasteiger partial charge in [0.2, 0.25) is 0 Å². The van der Waals surface area contributed by atoms with Crippen LogP contribution in [0.1, 0.15) is 18.2 Å². The van der Waals surface area contributed by atoms with E-state index in [2.05, 4.69) is 5.10 Å². The first kappa shape index (κ1) is 11.3. The Morgan fingerprint density at radius 1 is 1.35 bits per heavy atom. The first-order chi connectivity index (χ1) is 8.15. The fourth-order valence-corrected chi connectivity index (χ4v) is 1.46. The number of halogens is 1. The van der Waals surface area contributed by atoms with E-state index in [0.29, 0.717) is 6.42 Å². The zero-order chi connectivity index (χ0) is 12.3. The van der Waals surface area contributed by atoms with Crippen molar-refractivity contribution in [1.29, 1.82) is 0 Å². The van der Waals surface area contributed by atoms with Gasteiger partial charge in [0, 0.05) is 13.3 Å². The largest absolute Gasteiger partial charge is 0.331 e. The molecule has 0 aliphatic carbocycles. The third kappa shape index (κ3) is 2.90. The molecule has 0 spiro atoms. The number of hydrogen-bond donors (Lipinski definition) is 0. The average molecular weight is 234 g/mol. The Labute approximate surface area is 97.6 Å². The van der Waals surface area contributed by atoms with E-state index in [1.54, 1.807) is 24.4 Å². The maximum absolute atomic E-state index is 12.7. The van der Waals surface area contributed by atoms with E-state index < -0.39 is 5.97 Å². The molecule has 5 heteroatoms. The van der Waals surface area contributed by atoms with Crippen molar-refractivity contribution in [2.24, 2.45) is 0 Å². The highest BCUT2D eigenvalue weighted by Gasteiger charge is 2.06. The smallest absolute Gasteiger partial charge is 0.319 e. The van der Waals surface area contributed by atoms with Gasteiger partial charge >= 0.3 is 5.97 Å². The molecule has 17 heavy (non-hydrogen) atoms. The summed E-state index contributed by atoms with van der Waals surface area (Å²) in [5.41, 5.74) is 1.65. The lowest BCUT2D eigenvalue weighted by atomic mass is 10.1. The van der Waals surface area contributed by atoms with Crippen LogP contribution in [0.25, 0.3) is 0 Å². The van der Waals surface area contributed by atoms with Crippen molar-refractivity contribution in [2.45, 2.75) is 13.3 Å². The quantitative estimate of drug-likeness (QED) is 0.810. The van der Waals surface area contributed by atoms with E-state index in [9.17, 15) is 9.18 Å². The van der Waals surface area contributed by atoms with Crippen LogP contribution < -0.4 is 4.84 Å². The molecule has 0 aliphatic rings. The second kappa shape index (κ2) is 4.78. The molecule has 0 aliphatic heterocycles. The van der Waals surface area contributed by atoms with Gasteiger partial charge in [0.05, 0.1) is 11.9 Å². The first-order valence-electron chi connectivity index (χ1n) is 5.11. The molecule has 0 saturated heterocycles. The Balaban J connectivity index is 2.15. The molecule has 88 valence electrons. The Kier molecular flexibility index (Phi) is 3.18. The third-order valence-electron chi connectivity index (χ3n) is 2.20. The molecule has 0 atom stereocenters. The maximum atomic E-state index is 12.7. The van der Waals surface area contributed by atoms with E-state index in [0.717, 1.165) is 11.3 Å². The lowest BCUT2D eigenvalue weighted by Crippen LogP contribution is -2.20. The highest BCUT2D eigenvalue weighted by molar-refractivity contribution is 5.66. The van der Waals surface area contributed by atoms with Crippen LogP contribution in [0.15, 0.2) is 36.5 Å². The molecule has 0 bridgehead atoms. The van der Waals surface area contributed by atoms with Crippen molar-refractivity contribution in [2.75, 3.05) is 0 Å². The normalized spacial score (nSPS) is 10.2. The lowest BCUT2D eigenvalue weighted by Gasteiger charge is -2.05. The molecule has 2 rings (SSSR count). The molecule has 0 amide bonds. The highest BCUT2D eigenvalue weighted by atomic mass is 19.1. The standard InChI is InChI=1S/C12H11FN2O2/c1-9(16)17-15-12(6-7-14-15)8-10-2-4-11(13)5-3-10/h2-7H,8H2,1H3. The summed E-state index contributed by atoms with van der Waals surface area (Å²) < 4.78 is 12.7. The summed E-state index contributed by atoms with van der Waals surface area (Å²) in [6, 6.07) is 7.89. The zero-order valence-corrected chi connectivity index (χ0v) is 9.26. The zero-order valence-electron chi connectivity index (χ0n) is 9.26. The summed E-state index contributed by atoms with van der Waals surface area (Å²) in [4.78, 5) is 16.9. The van der Waals surface area contributed by atoms with Gasteiger partial charge in [-0.25, -0.2) is 9.18 Å². The van der Waals surface area contributed by atoms with Crippen molar-refractivity contribution in [3.05, 3.63) is 53.6 Å². The lowest BCUT2D eigenvalue weighted by molar-refractivity contribution is -0.143. The Hall–Kier alpha value is -2.17. The summed E-state index contributed by atoms with van der Waals surface area (Å²) in [5, 5.41) is 3.87. The number of carbonyl (C=O) groups excluding carboxylic acids is 1. The van der Waals surface area contributed by atoms with Gasteiger partial charge < -0.3 is 4.84 Å². The molecule has 0 radical (unpaired) electrons. The van der Waals surface area contributed by atoms with Gasteiger partial charge in [-0.05, 0) is 23.8 Å². The summed E-state index contributed by atoms with van der Waals surface area (Å²) in [7, 11) is 0. The van der Waals surface area contributed by atoms with Gasteiger partial charge in [-0.1, -0.05) is 17.0 Å². The molecule has 1 aromatic carbocycles. The van der Waals surface area contributed by atoms with Crippen molar-refractivity contribution in [3.8, 4) is 0 Å². The number of aromatic nitrogens is 2. The molecule has 0 N–H and O–H groups in total. The SMILES string of the molecule is CC(=O)On1nccc1Cc1ccc(F)cc1. The van der Waals surface area contributed by atoms with Crippen LogP contribution in [0.2, 0.25) is 0 Å². The van der Waals surface area contributed by atoms with Gasteiger partial charge in [0.1, 0.15) is 5.82 Å². The van der Waals surface area contributed by atoms with Crippen LogP contribution in [0, 0.1) is 5.82 Å². The second-order valence-electron chi connectivity index (χ2n) is 3.58. The molecule has 1 heterocycles. The second-order valence-corrected chi connectivity index (χ2v) is 3.58. The first-order valence-corrected chi connectivity index (χ1v) is 5.11. The third-order valence-corrected chi connectivity index (χ3v) is 2.20. The van der Waals surface area contributed by atoms with Crippen LogP contribution in [-0.4, -0.2) is 15.9 Å². The number of nitrogens with zero attached hydrogens (tertiary/aromatic N) is 2. The molecule has 0 unspecified atom stereocenters. The van der Waals surface area contributed by atoms with Crippen molar-refractivity contribution in [3.63, 3.8) is 0 Å². The summed E-state index contributed by atoms with van der Waals surface area (Å²) in [6.45, 7) is 1.31. The fourth-order valence-electron chi connectivity index (χ4n) is 1.46. The van der Waals surface area contributed by atoms with Crippen LogP contribution in [0.5, 0.6) is 0 Å². The topological polar surface area (TPSA) is 44.1 Å². The minimum Gasteiger partial charge on any atom is -0.319 e. The number of hydrogen-bond acceptors (Lipinski definition) is 3. The molecule has 0 saturated carbocycles. The van der Waals surface area contributed by atoms with E-state index >= 15 is 0 Å². The monoisotopic (exact) mass is 234 g/mol. The number of rotatable bonds is 3. The van der Waals surface area contributed by atoms with Gasteiger partial charge in [0.15, 0.2) is 0 Å². The van der Waals surface area contributed by atoms with E-state index in [4.69, 9.17) is 4.84 Å². The van der Waals surface area contributed by atoms with Gasteiger partial charge in [-0.15, -0.1) is 5.10 Å². The summed E-state index contributed by atoms with van der Waals surface area (Å²) in [6.07, 6.45) is 2.06. The van der Waals surface area contributed by atoms with Crippen molar-refractivity contribution < 1.29 is 14.0 Å². The van der Waals surface area contributed by atoms with Crippen molar-refractivity contribution in [1.82, 2.24) is 9.94 Å². The van der Waals surface area contributed by atoms with E-state index in [1.807, 2.05) is 0 Å². The van der Waals surface area contributed by atoms with Crippen LogP contribution >= 0.6 is 0 Å². The minimum atomic E-state index is -0.436. The van der Waals surface area contributed by atoms with E-state index in [1.165, 1.54) is 23.9 Å². The van der Waals surface area contributed by atoms with Gasteiger partial charge in [-0.2, -0.15) is 0 Å². The Morgan fingerprint density at radius 2 is 2.06 bits per heavy atom. The van der Waals surface area contributed by atoms with Crippen LogP contribution in [0.4, 0.5) is 4.39 Å². The molecule has 1 aromatic heterocycles. The Bertz CT molecular complexity index is 520. The van der Waals surface area contributed by atoms with E-state index in [-0.39, 0.29) is 5.82 Å². The average Bonchev–Trinajstić information content (AvgIpc) is 2.68. The summed E-state index contributed by atoms with van der Waals surface area (Å²) >= 11 is 0. The Morgan fingerprint density at radius 3 is 2.71 bits per heavy atom. The molecule has 2 aromatic rings. The number of benzene rings is 1. The van der Waals surface area contributed by atoms with Gasteiger partial charge in [0.25, 0.3) is 0 Å². The number of carbonyl (C=O) groups is 1. The fraction of sp³-hybridized carbons (Fsp3) is 0.167. The molecular weight excluding hydrogens is 223 g/mol. The maximum Gasteiger partial charge on any atom is 0.331 e. The van der Waals surface area contributed by atoms with Crippen LogP contribution in [0.3, 0.4) is 0 Å².